The lowest BCUT2D eigenvalue weighted by atomic mass is 10.1. The Morgan fingerprint density at radius 2 is 1.75 bits per heavy atom. The highest BCUT2D eigenvalue weighted by Crippen LogP contribution is 2.46. The minimum atomic E-state index is -0.584. The van der Waals surface area contributed by atoms with Crippen molar-refractivity contribution in [1.29, 1.82) is 0 Å². The minimum absolute atomic E-state index is 0.162. The number of hydrogen-bond acceptors (Lipinski definition) is 5. The molecule has 0 fully saturated rings. The van der Waals surface area contributed by atoms with Crippen LogP contribution in [0.4, 0.5) is 10.1 Å². The van der Waals surface area contributed by atoms with E-state index in [-0.39, 0.29) is 22.7 Å². The summed E-state index contributed by atoms with van der Waals surface area (Å²) >= 11 is 0. The summed E-state index contributed by atoms with van der Waals surface area (Å²) in [5, 5.41) is 0. The third kappa shape index (κ3) is 1.91. The molecule has 0 spiro atoms. The van der Waals surface area contributed by atoms with Crippen molar-refractivity contribution in [2.45, 2.75) is 0 Å². The highest BCUT2D eigenvalue weighted by molar-refractivity contribution is 5.96. The molecule has 3 rings (SSSR count). The highest BCUT2D eigenvalue weighted by atomic mass is 19.1. The van der Waals surface area contributed by atoms with Gasteiger partial charge in [-0.3, -0.25) is 0 Å². The minimum Gasteiger partial charge on any atom is -0.465 e. The van der Waals surface area contributed by atoms with E-state index in [0.717, 1.165) is 0 Å². The number of ether oxygens (including phenoxy) is 3. The lowest BCUT2D eigenvalue weighted by Crippen LogP contribution is -2.08. The third-order valence-electron chi connectivity index (χ3n) is 2.87. The lowest BCUT2D eigenvalue weighted by molar-refractivity contribution is 0.0601. The molecule has 5 nitrogen and oxygen atoms in total. The van der Waals surface area contributed by atoms with Crippen LogP contribution in [-0.4, -0.2) is 13.1 Å². The van der Waals surface area contributed by atoms with E-state index in [1.807, 2.05) is 0 Å². The molecule has 20 heavy (non-hydrogen) atoms. The fraction of sp³-hybridized carbons (Fsp3) is 0.0714. The van der Waals surface area contributed by atoms with Crippen molar-refractivity contribution in [3.63, 3.8) is 0 Å². The number of hydrogen-bond donors (Lipinski definition) is 1. The molecule has 102 valence electrons. The van der Waals surface area contributed by atoms with Gasteiger partial charge in [0.25, 0.3) is 0 Å². The van der Waals surface area contributed by atoms with Gasteiger partial charge >= 0.3 is 5.97 Å². The molecule has 0 radical (unpaired) electrons. The molecule has 0 unspecified atom stereocenters. The first-order valence-electron chi connectivity index (χ1n) is 5.75. The second-order valence-electron chi connectivity index (χ2n) is 4.17. The number of carbonyl (C=O) groups excluding carboxylic acids is 1. The Bertz CT molecular complexity index is 715. The molecular weight excluding hydrogens is 265 g/mol. The maximum Gasteiger partial charge on any atom is 0.340 e. The second kappa shape index (κ2) is 4.41. The predicted octanol–water partition coefficient (Wildman–Crippen LogP) is 3.09. The second-order valence-corrected chi connectivity index (χ2v) is 4.17. The van der Waals surface area contributed by atoms with Crippen LogP contribution in [0.15, 0.2) is 30.3 Å². The Morgan fingerprint density at radius 3 is 2.50 bits per heavy atom. The van der Waals surface area contributed by atoms with Crippen LogP contribution in [0.5, 0.6) is 23.0 Å². The number of methoxy groups -OCH3 is 1. The predicted molar refractivity (Wildman–Crippen MR) is 68.7 cm³/mol. The molecule has 6 heteroatoms. The fourth-order valence-electron chi connectivity index (χ4n) is 1.90. The van der Waals surface area contributed by atoms with Gasteiger partial charge in [0.15, 0.2) is 23.0 Å². The number of benzene rings is 2. The Hall–Kier alpha value is -2.76. The van der Waals surface area contributed by atoms with E-state index in [1.165, 1.54) is 37.4 Å². The number of rotatable bonds is 1. The van der Waals surface area contributed by atoms with E-state index in [4.69, 9.17) is 15.2 Å². The van der Waals surface area contributed by atoms with Gasteiger partial charge < -0.3 is 19.9 Å². The van der Waals surface area contributed by atoms with Gasteiger partial charge in [0.1, 0.15) is 5.82 Å². The van der Waals surface area contributed by atoms with E-state index in [9.17, 15) is 9.18 Å². The van der Waals surface area contributed by atoms with Crippen molar-refractivity contribution >= 4 is 11.7 Å². The van der Waals surface area contributed by atoms with E-state index in [2.05, 4.69) is 4.74 Å². The van der Waals surface area contributed by atoms with Crippen molar-refractivity contribution in [1.82, 2.24) is 0 Å². The summed E-state index contributed by atoms with van der Waals surface area (Å²) in [6, 6.07) is 6.79. The molecule has 0 saturated carbocycles. The number of carbonyl (C=O) groups is 1. The number of anilines is 1. The number of nitrogens with two attached hydrogens (primary N) is 1. The summed E-state index contributed by atoms with van der Waals surface area (Å²) < 4.78 is 28.9. The zero-order chi connectivity index (χ0) is 14.3. The van der Waals surface area contributed by atoms with Crippen molar-refractivity contribution in [3.05, 3.63) is 41.7 Å². The van der Waals surface area contributed by atoms with Crippen molar-refractivity contribution in [2.75, 3.05) is 12.8 Å². The molecule has 1 aliphatic heterocycles. The lowest BCUT2D eigenvalue weighted by Gasteiger charge is -2.21. The monoisotopic (exact) mass is 275 g/mol. The molecular formula is C14H10FNO4. The Morgan fingerprint density at radius 1 is 1.10 bits per heavy atom. The maximum atomic E-state index is 13.2. The smallest absolute Gasteiger partial charge is 0.340 e. The van der Waals surface area contributed by atoms with Crippen molar-refractivity contribution < 1.29 is 23.4 Å². The number of halogens is 1. The fourth-order valence-corrected chi connectivity index (χ4v) is 1.90. The van der Waals surface area contributed by atoms with Crippen LogP contribution < -0.4 is 15.2 Å². The SMILES string of the molecule is COC(=O)c1cc2c(cc1N)Oc1ccc(F)cc1O2. The molecule has 0 amide bonds. The average Bonchev–Trinajstić information content (AvgIpc) is 2.44. The molecule has 0 aliphatic carbocycles. The molecule has 0 saturated heterocycles. The van der Waals surface area contributed by atoms with Crippen LogP contribution in [0.25, 0.3) is 0 Å². The highest BCUT2D eigenvalue weighted by Gasteiger charge is 2.23. The molecule has 0 bridgehead atoms. The van der Waals surface area contributed by atoms with E-state index in [1.54, 1.807) is 0 Å². The van der Waals surface area contributed by atoms with Crippen LogP contribution in [-0.2, 0) is 4.74 Å². The Balaban J connectivity index is 2.06. The normalized spacial score (nSPS) is 11.7. The van der Waals surface area contributed by atoms with Crippen molar-refractivity contribution in [2.24, 2.45) is 0 Å². The topological polar surface area (TPSA) is 70.8 Å². The molecule has 1 heterocycles. The third-order valence-corrected chi connectivity index (χ3v) is 2.87. The molecule has 2 N–H and O–H groups in total. The van der Waals surface area contributed by atoms with Crippen LogP contribution in [0.2, 0.25) is 0 Å². The van der Waals surface area contributed by atoms with Gasteiger partial charge in [-0.25, -0.2) is 9.18 Å². The zero-order valence-electron chi connectivity index (χ0n) is 10.5. The number of nitrogen functional groups attached to an aromatic ring is 1. The molecule has 0 atom stereocenters. The van der Waals surface area contributed by atoms with Gasteiger partial charge in [-0.15, -0.1) is 0 Å². The zero-order valence-corrected chi connectivity index (χ0v) is 10.5. The molecule has 1 aliphatic rings. The summed E-state index contributed by atoms with van der Waals surface area (Å²) in [4.78, 5) is 11.6. The van der Waals surface area contributed by atoms with Gasteiger partial charge in [0.2, 0.25) is 0 Å². The number of esters is 1. The van der Waals surface area contributed by atoms with Crippen LogP contribution in [0.3, 0.4) is 0 Å². The van der Waals surface area contributed by atoms with Crippen LogP contribution in [0.1, 0.15) is 10.4 Å². The summed E-state index contributed by atoms with van der Waals surface area (Å²) in [5.74, 6) is 0.215. The van der Waals surface area contributed by atoms with Crippen LogP contribution >= 0.6 is 0 Å². The van der Waals surface area contributed by atoms with Crippen LogP contribution in [0, 0.1) is 5.82 Å². The Kier molecular flexibility index (Phi) is 2.71. The van der Waals surface area contributed by atoms with Gasteiger partial charge in [-0.2, -0.15) is 0 Å². The average molecular weight is 275 g/mol. The molecule has 2 aromatic rings. The number of fused-ring (bicyclic) bond motifs is 2. The van der Waals surface area contributed by atoms with Crippen molar-refractivity contribution in [3.8, 4) is 23.0 Å². The first-order chi connectivity index (χ1) is 9.58. The van der Waals surface area contributed by atoms with E-state index >= 15 is 0 Å². The summed E-state index contributed by atoms with van der Waals surface area (Å²) in [6.45, 7) is 0. The standard InChI is InChI=1S/C14H10FNO4/c1-18-14(17)8-5-12-13(6-9(8)16)19-10-3-2-7(15)4-11(10)20-12/h2-6H,16H2,1H3. The van der Waals surface area contributed by atoms with Gasteiger partial charge in [-0.1, -0.05) is 0 Å². The molecule has 0 aromatic heterocycles. The quantitative estimate of drug-likeness (QED) is 0.546. The summed E-state index contributed by atoms with van der Waals surface area (Å²) in [7, 11) is 1.25. The largest absolute Gasteiger partial charge is 0.465 e. The first kappa shape index (κ1) is 12.3. The van der Waals surface area contributed by atoms with Gasteiger partial charge in [-0.05, 0) is 12.1 Å². The first-order valence-corrected chi connectivity index (χ1v) is 5.75. The summed E-state index contributed by atoms with van der Waals surface area (Å²) in [6.07, 6.45) is 0. The van der Waals surface area contributed by atoms with E-state index in [0.29, 0.717) is 11.5 Å². The Labute approximate surface area is 113 Å². The van der Waals surface area contributed by atoms with Gasteiger partial charge in [0.05, 0.1) is 18.4 Å². The molecule has 2 aromatic carbocycles. The maximum absolute atomic E-state index is 13.2. The summed E-state index contributed by atoms with van der Waals surface area (Å²) in [5.41, 5.74) is 6.14. The van der Waals surface area contributed by atoms with Gasteiger partial charge in [0, 0.05) is 18.2 Å². The van der Waals surface area contributed by atoms with E-state index < -0.39 is 11.8 Å².